The average molecular weight is 355 g/mol. The van der Waals surface area contributed by atoms with Gasteiger partial charge in [-0.15, -0.1) is 11.3 Å². The number of hydrogen-bond acceptors (Lipinski definition) is 5. The molecule has 0 spiro atoms. The largest absolute Gasteiger partial charge is 0.491 e. The number of nitrogens with zero attached hydrogens (tertiary/aromatic N) is 2. The lowest BCUT2D eigenvalue weighted by Crippen LogP contribution is -1.98. The topological polar surface area (TPSA) is 46.5 Å². The third-order valence-electron chi connectivity index (χ3n) is 3.36. The maximum Gasteiger partial charge on any atom is 0.203 e. The van der Waals surface area contributed by atoms with E-state index < -0.39 is 0 Å². The Morgan fingerprint density at radius 3 is 2.88 bits per heavy atom. The number of thiazole rings is 1. The standard InChI is InChI=1S/C19H18FN3OS/c1-2-10-24-18-11-14(8-9-16(18)20)12-21-23-19-22-17(13-25-19)15-6-4-3-5-7-15/h3-9,11-13H,2,10H2,1H3,(H,22,23). The number of rotatable bonds is 7. The summed E-state index contributed by atoms with van der Waals surface area (Å²) in [7, 11) is 0. The van der Waals surface area contributed by atoms with Crippen molar-refractivity contribution in [2.75, 3.05) is 12.0 Å². The molecule has 1 heterocycles. The molecule has 0 fully saturated rings. The first-order valence-corrected chi connectivity index (χ1v) is 8.86. The highest BCUT2D eigenvalue weighted by molar-refractivity contribution is 7.14. The van der Waals surface area contributed by atoms with Gasteiger partial charge in [-0.05, 0) is 24.1 Å². The fraction of sp³-hybridized carbons (Fsp3) is 0.158. The second-order valence-electron chi connectivity index (χ2n) is 5.31. The predicted octanol–water partition coefficient (Wildman–Crippen LogP) is 5.18. The third kappa shape index (κ3) is 4.64. The minimum atomic E-state index is -0.369. The molecule has 0 aliphatic carbocycles. The molecule has 4 nitrogen and oxygen atoms in total. The Morgan fingerprint density at radius 2 is 2.08 bits per heavy atom. The molecule has 1 N–H and O–H groups in total. The van der Waals surface area contributed by atoms with Gasteiger partial charge < -0.3 is 4.74 Å². The highest BCUT2D eigenvalue weighted by Crippen LogP contribution is 2.24. The molecule has 1 aromatic heterocycles. The summed E-state index contributed by atoms with van der Waals surface area (Å²) in [5.41, 5.74) is 5.62. The summed E-state index contributed by atoms with van der Waals surface area (Å²) in [5, 5.41) is 6.83. The van der Waals surface area contributed by atoms with Crippen LogP contribution in [0.3, 0.4) is 0 Å². The second kappa shape index (κ2) is 8.39. The number of ether oxygens (including phenoxy) is 1. The molecular formula is C19H18FN3OS. The molecule has 0 aliphatic heterocycles. The Labute approximate surface area is 150 Å². The van der Waals surface area contributed by atoms with Crippen molar-refractivity contribution < 1.29 is 9.13 Å². The highest BCUT2D eigenvalue weighted by atomic mass is 32.1. The molecule has 2 aromatic carbocycles. The first-order valence-electron chi connectivity index (χ1n) is 7.98. The molecule has 6 heteroatoms. The number of halogens is 1. The van der Waals surface area contributed by atoms with Crippen LogP contribution in [0.2, 0.25) is 0 Å². The summed E-state index contributed by atoms with van der Waals surface area (Å²) in [6.07, 6.45) is 2.44. The van der Waals surface area contributed by atoms with Crippen LogP contribution in [0, 0.1) is 5.82 Å². The molecule has 25 heavy (non-hydrogen) atoms. The lowest BCUT2D eigenvalue weighted by molar-refractivity contribution is 0.301. The number of hydrogen-bond donors (Lipinski definition) is 1. The van der Waals surface area contributed by atoms with Gasteiger partial charge in [0.2, 0.25) is 5.13 Å². The molecule has 0 bridgehead atoms. The number of aromatic nitrogens is 1. The van der Waals surface area contributed by atoms with Gasteiger partial charge in [-0.2, -0.15) is 5.10 Å². The second-order valence-corrected chi connectivity index (χ2v) is 6.17. The van der Waals surface area contributed by atoms with E-state index in [-0.39, 0.29) is 11.6 Å². The van der Waals surface area contributed by atoms with Crippen molar-refractivity contribution in [1.29, 1.82) is 0 Å². The molecule has 0 radical (unpaired) electrons. The SMILES string of the molecule is CCCOc1cc(C=NNc2nc(-c3ccccc3)cs2)ccc1F. The van der Waals surface area contributed by atoms with Crippen LogP contribution in [0.1, 0.15) is 18.9 Å². The van der Waals surface area contributed by atoms with Gasteiger partial charge in [0.15, 0.2) is 11.6 Å². The number of hydrazone groups is 1. The smallest absolute Gasteiger partial charge is 0.203 e. The van der Waals surface area contributed by atoms with Crippen molar-refractivity contribution in [2.24, 2.45) is 5.10 Å². The lowest BCUT2D eigenvalue weighted by Gasteiger charge is -2.06. The first kappa shape index (κ1) is 17.1. The quantitative estimate of drug-likeness (QED) is 0.469. The van der Waals surface area contributed by atoms with Crippen LogP contribution in [0.15, 0.2) is 59.0 Å². The van der Waals surface area contributed by atoms with Crippen molar-refractivity contribution in [3.8, 4) is 17.0 Å². The molecule has 0 unspecified atom stereocenters. The number of nitrogens with one attached hydrogen (secondary N) is 1. The zero-order valence-corrected chi connectivity index (χ0v) is 14.6. The molecule has 0 amide bonds. The summed E-state index contributed by atoms with van der Waals surface area (Å²) in [6.45, 7) is 2.46. The molecule has 3 rings (SSSR count). The van der Waals surface area contributed by atoms with Crippen LogP contribution >= 0.6 is 11.3 Å². The van der Waals surface area contributed by atoms with E-state index >= 15 is 0 Å². The van der Waals surface area contributed by atoms with Gasteiger partial charge in [-0.1, -0.05) is 43.3 Å². The molecular weight excluding hydrogens is 337 g/mol. The fourth-order valence-corrected chi connectivity index (χ4v) is 2.82. The van der Waals surface area contributed by atoms with Crippen molar-refractivity contribution >= 4 is 22.7 Å². The lowest BCUT2D eigenvalue weighted by atomic mass is 10.2. The zero-order chi connectivity index (χ0) is 17.5. The van der Waals surface area contributed by atoms with E-state index in [1.807, 2.05) is 42.6 Å². The normalized spacial score (nSPS) is 11.0. The Kier molecular flexibility index (Phi) is 5.74. The van der Waals surface area contributed by atoms with E-state index in [9.17, 15) is 4.39 Å². The summed E-state index contributed by atoms with van der Waals surface area (Å²) >= 11 is 1.48. The zero-order valence-electron chi connectivity index (χ0n) is 13.8. The van der Waals surface area contributed by atoms with Gasteiger partial charge in [0.05, 0.1) is 18.5 Å². The van der Waals surface area contributed by atoms with E-state index in [1.54, 1.807) is 18.3 Å². The first-order chi connectivity index (χ1) is 12.3. The molecule has 0 saturated heterocycles. The molecule has 0 atom stereocenters. The van der Waals surface area contributed by atoms with Crippen LogP contribution in [-0.4, -0.2) is 17.8 Å². The predicted molar refractivity (Wildman–Crippen MR) is 101 cm³/mol. The van der Waals surface area contributed by atoms with Crippen molar-refractivity contribution in [3.05, 3.63) is 65.3 Å². The van der Waals surface area contributed by atoms with Crippen LogP contribution in [0.5, 0.6) is 5.75 Å². The molecule has 128 valence electrons. The van der Waals surface area contributed by atoms with Gasteiger partial charge in [-0.25, -0.2) is 9.37 Å². The third-order valence-corrected chi connectivity index (χ3v) is 4.11. The van der Waals surface area contributed by atoms with E-state index in [0.717, 1.165) is 23.2 Å². The van der Waals surface area contributed by atoms with Crippen molar-refractivity contribution in [2.45, 2.75) is 13.3 Å². The summed E-state index contributed by atoms with van der Waals surface area (Å²) in [4.78, 5) is 4.49. The molecule has 0 aliphatic rings. The Hall–Kier alpha value is -2.73. The van der Waals surface area contributed by atoms with Crippen molar-refractivity contribution in [1.82, 2.24) is 4.98 Å². The van der Waals surface area contributed by atoms with E-state index in [4.69, 9.17) is 4.74 Å². The van der Waals surface area contributed by atoms with Gasteiger partial charge in [-0.3, -0.25) is 5.43 Å². The van der Waals surface area contributed by atoms with Crippen LogP contribution < -0.4 is 10.2 Å². The van der Waals surface area contributed by atoms with E-state index in [2.05, 4.69) is 15.5 Å². The van der Waals surface area contributed by atoms with E-state index in [0.29, 0.717) is 11.7 Å². The van der Waals surface area contributed by atoms with Crippen LogP contribution in [0.4, 0.5) is 9.52 Å². The van der Waals surface area contributed by atoms with E-state index in [1.165, 1.54) is 17.4 Å². The molecule has 0 saturated carbocycles. The number of benzene rings is 2. The maximum absolute atomic E-state index is 13.7. The Morgan fingerprint density at radius 1 is 1.24 bits per heavy atom. The summed E-state index contributed by atoms with van der Waals surface area (Å²) in [5.74, 6) is -0.127. The summed E-state index contributed by atoms with van der Waals surface area (Å²) < 4.78 is 19.0. The van der Waals surface area contributed by atoms with Gasteiger partial charge >= 0.3 is 0 Å². The fourth-order valence-electron chi connectivity index (χ4n) is 2.15. The van der Waals surface area contributed by atoms with Gasteiger partial charge in [0.1, 0.15) is 0 Å². The average Bonchev–Trinajstić information content (AvgIpc) is 3.12. The number of anilines is 1. The summed E-state index contributed by atoms with van der Waals surface area (Å²) in [6, 6.07) is 14.6. The molecule has 3 aromatic rings. The van der Waals surface area contributed by atoms with Crippen molar-refractivity contribution in [3.63, 3.8) is 0 Å². The minimum Gasteiger partial charge on any atom is -0.491 e. The van der Waals surface area contributed by atoms with Crippen LogP contribution in [-0.2, 0) is 0 Å². The van der Waals surface area contributed by atoms with Gasteiger partial charge in [0, 0.05) is 10.9 Å². The Bertz CT molecular complexity index is 849. The maximum atomic E-state index is 13.7. The monoisotopic (exact) mass is 355 g/mol. The van der Waals surface area contributed by atoms with Crippen LogP contribution in [0.25, 0.3) is 11.3 Å². The Balaban J connectivity index is 1.65. The highest BCUT2D eigenvalue weighted by Gasteiger charge is 2.04. The minimum absolute atomic E-state index is 0.242. The van der Waals surface area contributed by atoms with Gasteiger partial charge in [0.25, 0.3) is 0 Å².